The maximum Gasteiger partial charge on any atom is 0.373 e. The number of aliphatic hydroxyl groups is 1. The van der Waals surface area contributed by atoms with E-state index in [-0.39, 0.29) is 68.3 Å². The van der Waals surface area contributed by atoms with E-state index in [2.05, 4.69) is 0 Å². The third-order valence-electron chi connectivity index (χ3n) is 17.1. The number of Topliss-reactive ketones (excluding diaryl/α,β-unsaturated/α-hetero) is 3. The molecule has 0 radical (unpaired) electrons. The van der Waals surface area contributed by atoms with Crippen LogP contribution in [0.3, 0.4) is 0 Å². The Hall–Kier alpha value is -6.05. The van der Waals surface area contributed by atoms with Crippen LogP contribution in [0.2, 0.25) is 0 Å². The summed E-state index contributed by atoms with van der Waals surface area (Å²) in [6, 6.07) is 9.71. The standard InChI is InChI=1S/C65H91N3O15/c1-42-22-14-11-15-23-43(2)54(77-8)38-50-27-25-48(7)65(76,83-50)62(73)63(74)68-33-21-16-24-51(68)64(75)81-55(45(4)36-49-26-28-53(56(37-49)78-9)80-57(70)40-66-29-17-12-18-30-66)39-52(69)44(3)35-47(6)60(61(79-10)59(72)46(5)34-42)82-58(71)41-67-31-19-13-20-32-67/h11-15,17-20,22-23,29-32,35,42,44-46,48-51,53-56,60-61,76H,16,21,24-28,33-34,36-41H2,1-10H3/q+2/b15-11+,22-14+,43-23+,47-35+/t42-,44-,45-,46-,48-,49+,50+,51+,53-,54+,55+,56-,60-,61+,65-/m1/s1. The Labute approximate surface area is 490 Å². The summed E-state index contributed by atoms with van der Waals surface area (Å²) in [7, 11) is 4.54. The molecule has 2 saturated heterocycles. The lowest BCUT2D eigenvalue weighted by Crippen LogP contribution is -2.61. The van der Waals surface area contributed by atoms with Crippen molar-refractivity contribution >= 4 is 41.2 Å². The molecule has 0 spiro atoms. The van der Waals surface area contributed by atoms with Gasteiger partial charge in [0.2, 0.25) is 18.9 Å². The first-order valence-electron chi connectivity index (χ1n) is 29.7. The molecule has 18 nitrogen and oxygen atoms in total. The van der Waals surface area contributed by atoms with Crippen LogP contribution in [0.5, 0.6) is 0 Å². The highest BCUT2D eigenvalue weighted by molar-refractivity contribution is 6.39. The first-order valence-corrected chi connectivity index (χ1v) is 29.7. The van der Waals surface area contributed by atoms with Gasteiger partial charge in [-0.3, -0.25) is 19.2 Å². The fourth-order valence-corrected chi connectivity index (χ4v) is 12.1. The van der Waals surface area contributed by atoms with Gasteiger partial charge in [0.1, 0.15) is 24.0 Å². The highest BCUT2D eigenvalue weighted by Crippen LogP contribution is 2.38. The van der Waals surface area contributed by atoms with Gasteiger partial charge in [-0.05, 0) is 107 Å². The minimum absolute atomic E-state index is 0.00848. The lowest BCUT2D eigenvalue weighted by molar-refractivity contribution is -0.686. The number of aromatic nitrogens is 2. The summed E-state index contributed by atoms with van der Waals surface area (Å²) in [5.41, 5.74) is 1.26. The Morgan fingerprint density at radius 2 is 1.40 bits per heavy atom. The molecule has 3 aliphatic heterocycles. The molecule has 2 aromatic heterocycles. The highest BCUT2D eigenvalue weighted by atomic mass is 16.6. The van der Waals surface area contributed by atoms with Crippen LogP contribution >= 0.6 is 0 Å². The number of cyclic esters (lactones) is 1. The van der Waals surface area contributed by atoms with Gasteiger partial charge in [0.15, 0.2) is 42.8 Å². The summed E-state index contributed by atoms with van der Waals surface area (Å²) in [6.45, 7) is 12.6. The molecule has 0 aromatic carbocycles. The van der Waals surface area contributed by atoms with Crippen LogP contribution in [0.15, 0.2) is 109 Å². The van der Waals surface area contributed by atoms with E-state index in [9.17, 15) is 38.7 Å². The minimum atomic E-state index is -2.47. The zero-order valence-corrected chi connectivity index (χ0v) is 50.4. The van der Waals surface area contributed by atoms with Gasteiger partial charge in [0.25, 0.3) is 11.7 Å². The normalized spacial score (nSPS) is 33.9. The van der Waals surface area contributed by atoms with Crippen molar-refractivity contribution in [3.63, 3.8) is 0 Å². The average Bonchev–Trinajstić information content (AvgIpc) is 3.63. The van der Waals surface area contributed by atoms with Crippen LogP contribution in [-0.4, -0.2) is 134 Å². The van der Waals surface area contributed by atoms with Gasteiger partial charge in [-0.15, -0.1) is 0 Å². The van der Waals surface area contributed by atoms with Gasteiger partial charge in [-0.25, -0.2) is 14.4 Å². The van der Waals surface area contributed by atoms with Crippen LogP contribution in [0.4, 0.5) is 0 Å². The summed E-state index contributed by atoms with van der Waals surface area (Å²) in [6.07, 6.45) is 17.5. The number of nitrogens with zero attached hydrogens (tertiary/aromatic N) is 3. The summed E-state index contributed by atoms with van der Waals surface area (Å²) in [5, 5.41) is 12.1. The van der Waals surface area contributed by atoms with E-state index in [1.807, 2.05) is 82.3 Å². The van der Waals surface area contributed by atoms with E-state index in [1.54, 1.807) is 87.1 Å². The molecule has 454 valence electrons. The van der Waals surface area contributed by atoms with Crippen molar-refractivity contribution in [1.29, 1.82) is 0 Å². The van der Waals surface area contributed by atoms with Gasteiger partial charge >= 0.3 is 17.9 Å². The number of piperidine rings is 1. The summed E-state index contributed by atoms with van der Waals surface area (Å²) >= 11 is 0. The van der Waals surface area contributed by atoms with Gasteiger partial charge < -0.3 is 43.2 Å². The van der Waals surface area contributed by atoms with Crippen molar-refractivity contribution in [3.8, 4) is 0 Å². The van der Waals surface area contributed by atoms with Crippen LogP contribution in [-0.2, 0) is 79.8 Å². The molecule has 5 heterocycles. The van der Waals surface area contributed by atoms with Crippen LogP contribution < -0.4 is 9.13 Å². The third kappa shape index (κ3) is 18.5. The number of methoxy groups -OCH3 is 3. The fourth-order valence-electron chi connectivity index (χ4n) is 12.1. The Kier molecular flexibility index (Phi) is 25.3. The number of carbonyl (C=O) groups excluding carboxylic acids is 7. The Morgan fingerprint density at radius 3 is 2.04 bits per heavy atom. The molecule has 4 aliphatic rings. The summed E-state index contributed by atoms with van der Waals surface area (Å²) < 4.78 is 45.9. The first kappa shape index (κ1) is 66.1. The molecule has 83 heavy (non-hydrogen) atoms. The lowest BCUT2D eigenvalue weighted by Gasteiger charge is -2.42. The monoisotopic (exact) mass is 1150 g/mol. The van der Waals surface area contributed by atoms with E-state index in [0.717, 1.165) is 5.57 Å². The second kappa shape index (κ2) is 31.7. The van der Waals surface area contributed by atoms with Gasteiger partial charge in [-0.1, -0.05) is 83.2 Å². The Morgan fingerprint density at radius 1 is 0.735 bits per heavy atom. The second-order valence-corrected chi connectivity index (χ2v) is 23.6. The van der Waals surface area contributed by atoms with Crippen LogP contribution in [0.25, 0.3) is 0 Å². The predicted octanol–water partition coefficient (Wildman–Crippen LogP) is 7.26. The fraction of sp³-hybridized carbons (Fsp3) is 0.615. The molecule has 3 fully saturated rings. The van der Waals surface area contributed by atoms with Gasteiger partial charge in [-0.2, -0.15) is 9.13 Å². The number of ether oxygens (including phenoxy) is 7. The number of ketones is 3. The van der Waals surface area contributed by atoms with Gasteiger partial charge in [0, 0.05) is 82.7 Å². The SMILES string of the molecule is CO[C@H]1C[C@@H]2CC[C@@H](C)[C@@](O)(O2)C(=O)C(=O)N2CCCC[C@H]2C(=O)O[C@H]([C@H](C)C[C@@H]2CC[C@@H](OC(=O)C[n+]3ccccc3)[C@H](OC)C2)CC(=O)[C@H](C)/C=C(\C)[C@@H](OC(=O)C[n+]2ccccc2)[C@@H](OC)C(=O)[C@H](C)C[C@H](C)/C=C/C=C/C=C/1C. The quantitative estimate of drug-likeness (QED) is 0.0728. The number of amides is 1. The molecular weight excluding hydrogens is 1060 g/mol. The molecule has 1 amide bonds. The molecule has 2 bridgehead atoms. The Bertz CT molecular complexity index is 2640. The topological polar surface area (TPSA) is 215 Å². The number of esters is 3. The van der Waals surface area contributed by atoms with Crippen molar-refractivity contribution < 1.29 is 81.0 Å². The van der Waals surface area contributed by atoms with Crippen molar-refractivity contribution in [3.05, 3.63) is 109 Å². The molecule has 2 aromatic rings. The van der Waals surface area contributed by atoms with E-state index < -0.39 is 102 Å². The van der Waals surface area contributed by atoms with Gasteiger partial charge in [0.05, 0.1) is 18.3 Å². The summed E-state index contributed by atoms with van der Waals surface area (Å²) in [4.78, 5) is 101. The molecule has 6 rings (SSSR count). The Balaban J connectivity index is 1.33. The number of allylic oxidation sites excluding steroid dienone is 6. The number of rotatable bonds is 12. The number of carbonyl (C=O) groups is 7. The number of hydrogen-bond acceptors (Lipinski definition) is 15. The van der Waals surface area contributed by atoms with E-state index >= 15 is 0 Å². The second-order valence-electron chi connectivity index (χ2n) is 23.6. The maximum absolute atomic E-state index is 14.8. The first-order chi connectivity index (χ1) is 39.6. The largest absolute Gasteiger partial charge is 0.460 e. The molecule has 1 aliphatic carbocycles. The lowest BCUT2D eigenvalue weighted by atomic mass is 9.78. The minimum Gasteiger partial charge on any atom is -0.460 e. The smallest absolute Gasteiger partial charge is 0.373 e. The molecule has 1 saturated carbocycles. The van der Waals surface area contributed by atoms with Crippen LogP contribution in [0.1, 0.15) is 126 Å². The zero-order chi connectivity index (χ0) is 60.4. The number of hydrogen-bond donors (Lipinski definition) is 1. The van der Waals surface area contributed by atoms with Crippen LogP contribution in [0, 0.1) is 35.5 Å². The molecule has 0 unspecified atom stereocenters. The van der Waals surface area contributed by atoms with Crippen molar-refractivity contribution in [2.45, 2.75) is 193 Å². The third-order valence-corrected chi connectivity index (χ3v) is 17.1. The highest BCUT2D eigenvalue weighted by Gasteiger charge is 2.53. The molecular formula is C65H91N3O15+2. The van der Waals surface area contributed by atoms with Crippen molar-refractivity contribution in [2.75, 3.05) is 27.9 Å². The van der Waals surface area contributed by atoms with Crippen molar-refractivity contribution in [1.82, 2.24) is 4.90 Å². The predicted molar refractivity (Wildman–Crippen MR) is 306 cm³/mol. The molecule has 18 heteroatoms. The molecule has 15 atom stereocenters. The maximum atomic E-state index is 14.8. The number of pyridine rings is 2. The van der Waals surface area contributed by atoms with Crippen molar-refractivity contribution in [2.24, 2.45) is 35.5 Å². The summed E-state index contributed by atoms with van der Waals surface area (Å²) in [5.74, 6) is -9.71. The molecule has 1 N–H and O–H groups in total. The van der Waals surface area contributed by atoms with E-state index in [0.29, 0.717) is 63.4 Å². The van der Waals surface area contributed by atoms with E-state index in [1.165, 1.54) is 12.0 Å². The average molecular weight is 1150 g/mol. The number of fused-ring (bicyclic) bond motifs is 3. The zero-order valence-electron chi connectivity index (χ0n) is 50.4. The van der Waals surface area contributed by atoms with E-state index in [4.69, 9.17) is 33.2 Å².